The summed E-state index contributed by atoms with van der Waals surface area (Å²) < 4.78 is 39.0. The maximum Gasteiger partial charge on any atom is 0.418 e. The first-order valence-corrected chi connectivity index (χ1v) is 7.05. The summed E-state index contributed by atoms with van der Waals surface area (Å²) in [6, 6.07) is 4.05. The summed E-state index contributed by atoms with van der Waals surface area (Å²) in [5, 5.41) is 5.50. The van der Waals surface area contributed by atoms with Gasteiger partial charge in [-0.3, -0.25) is 0 Å². The number of alkyl halides is 3. The summed E-state index contributed by atoms with van der Waals surface area (Å²) in [7, 11) is 0. The number of aromatic nitrogens is 1. The summed E-state index contributed by atoms with van der Waals surface area (Å²) in [6.45, 7) is 2.13. The summed E-state index contributed by atoms with van der Waals surface area (Å²) in [4.78, 5) is 4.20. The molecular formula is C12H10BrF3N2S. The normalized spacial score (nSPS) is 11.6. The van der Waals surface area contributed by atoms with E-state index in [-0.39, 0.29) is 12.2 Å². The molecule has 2 rings (SSSR count). The van der Waals surface area contributed by atoms with Gasteiger partial charge in [-0.1, -0.05) is 15.9 Å². The van der Waals surface area contributed by atoms with Crippen LogP contribution in [0.2, 0.25) is 0 Å². The Morgan fingerprint density at radius 1 is 1.37 bits per heavy atom. The summed E-state index contributed by atoms with van der Waals surface area (Å²) >= 11 is 4.52. The number of nitrogens with zero attached hydrogens (tertiary/aromatic N) is 1. The minimum atomic E-state index is -4.38. The van der Waals surface area contributed by atoms with Crippen molar-refractivity contribution >= 4 is 33.0 Å². The maximum absolute atomic E-state index is 12.9. The van der Waals surface area contributed by atoms with Crippen LogP contribution in [-0.2, 0) is 12.7 Å². The number of benzene rings is 1. The van der Waals surface area contributed by atoms with Crippen LogP contribution in [0.1, 0.15) is 16.3 Å². The molecule has 102 valence electrons. The third-order valence-electron chi connectivity index (χ3n) is 2.41. The Kier molecular flexibility index (Phi) is 4.15. The van der Waals surface area contributed by atoms with E-state index in [1.165, 1.54) is 17.4 Å². The monoisotopic (exact) mass is 350 g/mol. The summed E-state index contributed by atoms with van der Waals surface area (Å²) in [5.41, 5.74) is 0.105. The molecule has 7 heteroatoms. The zero-order valence-corrected chi connectivity index (χ0v) is 12.3. The first-order chi connectivity index (χ1) is 8.86. The fraction of sp³-hybridized carbons (Fsp3) is 0.250. The predicted octanol–water partition coefficient (Wildman–Crippen LogP) is 4.84. The van der Waals surface area contributed by atoms with Crippen molar-refractivity contribution < 1.29 is 13.2 Å². The third-order valence-corrected chi connectivity index (χ3v) is 3.73. The van der Waals surface area contributed by atoms with Crippen molar-refractivity contribution in [1.29, 1.82) is 0 Å². The van der Waals surface area contributed by atoms with E-state index in [0.29, 0.717) is 4.47 Å². The molecule has 0 saturated carbocycles. The van der Waals surface area contributed by atoms with Crippen molar-refractivity contribution in [3.05, 3.63) is 44.3 Å². The van der Waals surface area contributed by atoms with Crippen LogP contribution in [0.25, 0.3) is 0 Å². The van der Waals surface area contributed by atoms with Crippen LogP contribution in [-0.4, -0.2) is 4.98 Å². The average molecular weight is 351 g/mol. The molecule has 1 heterocycles. The van der Waals surface area contributed by atoms with E-state index in [1.54, 1.807) is 6.07 Å². The molecule has 0 spiro atoms. The van der Waals surface area contributed by atoms with Crippen LogP contribution in [0.4, 0.5) is 18.9 Å². The molecule has 0 amide bonds. The number of thiazole rings is 1. The summed E-state index contributed by atoms with van der Waals surface area (Å²) in [6.07, 6.45) is -4.38. The van der Waals surface area contributed by atoms with E-state index in [0.717, 1.165) is 16.8 Å². The van der Waals surface area contributed by atoms with Gasteiger partial charge in [0, 0.05) is 15.5 Å². The Hall–Kier alpha value is -1.08. The van der Waals surface area contributed by atoms with Crippen LogP contribution in [0, 0.1) is 6.92 Å². The zero-order chi connectivity index (χ0) is 14.0. The Bertz CT molecular complexity index is 581. The van der Waals surface area contributed by atoms with Crippen molar-refractivity contribution in [1.82, 2.24) is 4.98 Å². The predicted molar refractivity (Wildman–Crippen MR) is 73.3 cm³/mol. The van der Waals surface area contributed by atoms with Gasteiger partial charge in [-0.2, -0.15) is 13.2 Å². The molecule has 19 heavy (non-hydrogen) atoms. The highest BCUT2D eigenvalue weighted by molar-refractivity contribution is 9.10. The van der Waals surface area contributed by atoms with Gasteiger partial charge in [-0.25, -0.2) is 4.98 Å². The molecule has 0 atom stereocenters. The van der Waals surface area contributed by atoms with Gasteiger partial charge in [0.1, 0.15) is 0 Å². The zero-order valence-electron chi connectivity index (χ0n) is 9.88. The van der Waals surface area contributed by atoms with Gasteiger partial charge < -0.3 is 5.32 Å². The minimum Gasteiger partial charge on any atom is -0.379 e. The molecule has 0 aliphatic carbocycles. The van der Waals surface area contributed by atoms with Crippen molar-refractivity contribution in [2.75, 3.05) is 5.32 Å². The second-order valence-corrected chi connectivity index (χ2v) is 5.88. The highest BCUT2D eigenvalue weighted by Crippen LogP contribution is 2.36. The fourth-order valence-corrected chi connectivity index (χ4v) is 2.55. The quantitative estimate of drug-likeness (QED) is 0.856. The molecule has 0 radical (unpaired) electrons. The number of aryl methyl sites for hydroxylation is 1. The second kappa shape index (κ2) is 5.50. The molecule has 2 nitrogen and oxygen atoms in total. The smallest absolute Gasteiger partial charge is 0.379 e. The van der Waals surface area contributed by atoms with E-state index >= 15 is 0 Å². The molecule has 0 aliphatic rings. The molecule has 0 bridgehead atoms. The van der Waals surface area contributed by atoms with E-state index in [9.17, 15) is 13.2 Å². The van der Waals surface area contributed by atoms with Gasteiger partial charge >= 0.3 is 6.18 Å². The van der Waals surface area contributed by atoms with Crippen LogP contribution < -0.4 is 5.32 Å². The Morgan fingerprint density at radius 3 is 2.68 bits per heavy atom. The number of rotatable bonds is 3. The van der Waals surface area contributed by atoms with Gasteiger partial charge in [-0.15, -0.1) is 11.3 Å². The van der Waals surface area contributed by atoms with Crippen molar-refractivity contribution in [3.63, 3.8) is 0 Å². The molecule has 0 aliphatic heterocycles. The SMILES string of the molecule is Cc1nc(CNc2ccc(Br)cc2C(F)(F)F)cs1. The highest BCUT2D eigenvalue weighted by atomic mass is 79.9. The lowest BCUT2D eigenvalue weighted by Gasteiger charge is -2.14. The molecular weight excluding hydrogens is 341 g/mol. The molecule has 0 fully saturated rings. The molecule has 0 unspecified atom stereocenters. The van der Waals surface area contributed by atoms with Gasteiger partial charge in [-0.05, 0) is 25.1 Å². The largest absolute Gasteiger partial charge is 0.418 e. The van der Waals surface area contributed by atoms with Gasteiger partial charge in [0.2, 0.25) is 0 Å². The third kappa shape index (κ3) is 3.70. The Labute approximate surface area is 120 Å². The topological polar surface area (TPSA) is 24.9 Å². The number of anilines is 1. The van der Waals surface area contributed by atoms with Crippen molar-refractivity contribution in [2.45, 2.75) is 19.6 Å². The first kappa shape index (κ1) is 14.3. The number of nitrogens with one attached hydrogen (secondary N) is 1. The molecule has 1 aromatic heterocycles. The van der Waals surface area contributed by atoms with E-state index in [4.69, 9.17) is 0 Å². The average Bonchev–Trinajstić information content (AvgIpc) is 2.72. The molecule has 2 aromatic rings. The summed E-state index contributed by atoms with van der Waals surface area (Å²) in [5.74, 6) is 0. The highest BCUT2D eigenvalue weighted by Gasteiger charge is 2.33. The fourth-order valence-electron chi connectivity index (χ4n) is 1.58. The lowest BCUT2D eigenvalue weighted by molar-refractivity contribution is -0.137. The van der Waals surface area contributed by atoms with Gasteiger partial charge in [0.25, 0.3) is 0 Å². The second-order valence-electron chi connectivity index (χ2n) is 3.90. The van der Waals surface area contributed by atoms with Crippen LogP contribution in [0.5, 0.6) is 0 Å². The van der Waals surface area contributed by atoms with E-state index < -0.39 is 11.7 Å². The van der Waals surface area contributed by atoms with Gasteiger partial charge in [0.05, 0.1) is 22.8 Å². The Balaban J connectivity index is 2.20. The van der Waals surface area contributed by atoms with Crippen LogP contribution in [0.15, 0.2) is 28.1 Å². The maximum atomic E-state index is 12.9. The number of hydrogen-bond donors (Lipinski definition) is 1. The van der Waals surface area contributed by atoms with E-state index in [2.05, 4.69) is 26.2 Å². The Morgan fingerprint density at radius 2 is 2.11 bits per heavy atom. The molecule has 1 N–H and O–H groups in total. The lowest BCUT2D eigenvalue weighted by atomic mass is 10.1. The van der Waals surface area contributed by atoms with Crippen molar-refractivity contribution in [2.24, 2.45) is 0 Å². The first-order valence-electron chi connectivity index (χ1n) is 5.38. The molecule has 1 aromatic carbocycles. The minimum absolute atomic E-state index is 0.0568. The van der Waals surface area contributed by atoms with E-state index in [1.807, 2.05) is 12.3 Å². The standard InChI is InChI=1S/C12H10BrF3N2S/c1-7-18-9(6-19-7)5-17-11-3-2-8(13)4-10(11)12(14,15)16/h2-4,6,17H,5H2,1H3. The molecule has 0 saturated heterocycles. The van der Waals surface area contributed by atoms with Crippen LogP contribution in [0.3, 0.4) is 0 Å². The van der Waals surface area contributed by atoms with Crippen molar-refractivity contribution in [3.8, 4) is 0 Å². The lowest BCUT2D eigenvalue weighted by Crippen LogP contribution is -2.11. The number of hydrogen-bond acceptors (Lipinski definition) is 3. The van der Waals surface area contributed by atoms with Gasteiger partial charge in [0.15, 0.2) is 0 Å². The number of halogens is 4. The van der Waals surface area contributed by atoms with Crippen LogP contribution >= 0.6 is 27.3 Å².